The highest BCUT2D eigenvalue weighted by molar-refractivity contribution is 5.77. The van der Waals surface area contributed by atoms with E-state index in [1.807, 2.05) is 4.90 Å². The summed E-state index contributed by atoms with van der Waals surface area (Å²) in [6.07, 6.45) is 7.33. The summed E-state index contributed by atoms with van der Waals surface area (Å²) in [5, 5.41) is 0. The van der Waals surface area contributed by atoms with Crippen LogP contribution in [0, 0.1) is 5.92 Å². The van der Waals surface area contributed by atoms with E-state index in [0.717, 1.165) is 32.4 Å². The van der Waals surface area contributed by atoms with Gasteiger partial charge in [0.15, 0.2) is 0 Å². The van der Waals surface area contributed by atoms with Crippen LogP contribution in [0.4, 0.5) is 0 Å². The van der Waals surface area contributed by atoms with Gasteiger partial charge in [-0.3, -0.25) is 4.79 Å². The van der Waals surface area contributed by atoms with Crippen molar-refractivity contribution >= 4 is 5.91 Å². The molecule has 0 aromatic carbocycles. The van der Waals surface area contributed by atoms with Crippen molar-refractivity contribution in [2.45, 2.75) is 71.3 Å². The van der Waals surface area contributed by atoms with Gasteiger partial charge in [0, 0.05) is 25.0 Å². The summed E-state index contributed by atoms with van der Waals surface area (Å²) in [6, 6.07) is 0. The molecule has 3 nitrogen and oxygen atoms in total. The van der Waals surface area contributed by atoms with Gasteiger partial charge in [-0.15, -0.1) is 0 Å². The van der Waals surface area contributed by atoms with Crippen LogP contribution in [-0.2, 0) is 4.79 Å². The Bertz CT molecular complexity index is 259. The zero-order chi connectivity index (χ0) is 13.6. The first kappa shape index (κ1) is 15.5. The van der Waals surface area contributed by atoms with Crippen LogP contribution >= 0.6 is 0 Å². The van der Waals surface area contributed by atoms with Crippen molar-refractivity contribution in [3.05, 3.63) is 0 Å². The quantitative estimate of drug-likeness (QED) is 0.792. The predicted octanol–water partition coefficient (Wildman–Crippen LogP) is 2.93. The lowest BCUT2D eigenvalue weighted by Gasteiger charge is -2.35. The number of nitrogens with two attached hydrogens (primary N) is 1. The van der Waals surface area contributed by atoms with Crippen LogP contribution in [0.1, 0.15) is 65.7 Å². The van der Waals surface area contributed by atoms with Crippen LogP contribution in [0.25, 0.3) is 0 Å². The van der Waals surface area contributed by atoms with E-state index in [1.165, 1.54) is 19.3 Å². The Morgan fingerprint density at radius 1 is 1.28 bits per heavy atom. The molecule has 1 saturated carbocycles. The molecule has 0 spiro atoms. The molecule has 0 saturated heterocycles. The van der Waals surface area contributed by atoms with Gasteiger partial charge in [0.25, 0.3) is 0 Å². The normalized spacial score (nSPS) is 20.4. The van der Waals surface area contributed by atoms with E-state index in [2.05, 4.69) is 20.8 Å². The minimum atomic E-state index is -0.224. The van der Waals surface area contributed by atoms with Gasteiger partial charge in [-0.2, -0.15) is 0 Å². The molecule has 1 aliphatic carbocycles. The number of nitrogens with zero attached hydrogens (tertiary/aromatic N) is 1. The molecule has 1 atom stereocenters. The number of amides is 1. The minimum Gasteiger partial charge on any atom is -0.343 e. The Morgan fingerprint density at radius 3 is 2.39 bits per heavy atom. The standard InChI is InChI=1S/C15H30N2O/c1-4-13(3)12-17(5-2)14(18)11-15(16)9-7-6-8-10-15/h13H,4-12,16H2,1-3H3. The van der Waals surface area contributed by atoms with Gasteiger partial charge in [0.2, 0.25) is 5.91 Å². The van der Waals surface area contributed by atoms with Gasteiger partial charge in [0.1, 0.15) is 0 Å². The van der Waals surface area contributed by atoms with Crippen LogP contribution < -0.4 is 5.73 Å². The highest BCUT2D eigenvalue weighted by atomic mass is 16.2. The molecule has 1 aliphatic rings. The zero-order valence-electron chi connectivity index (χ0n) is 12.4. The number of carbonyl (C=O) groups excluding carboxylic acids is 1. The minimum absolute atomic E-state index is 0.224. The maximum absolute atomic E-state index is 12.3. The van der Waals surface area contributed by atoms with E-state index in [4.69, 9.17) is 5.73 Å². The lowest BCUT2D eigenvalue weighted by atomic mass is 9.80. The van der Waals surface area contributed by atoms with Crippen LogP contribution in [0.5, 0.6) is 0 Å². The second-order valence-electron chi connectivity index (χ2n) is 6.05. The maximum Gasteiger partial charge on any atom is 0.224 e. The van der Waals surface area contributed by atoms with Crippen molar-refractivity contribution in [2.24, 2.45) is 11.7 Å². The van der Waals surface area contributed by atoms with E-state index in [9.17, 15) is 4.79 Å². The topological polar surface area (TPSA) is 46.3 Å². The molecular formula is C15H30N2O. The molecule has 1 rings (SSSR count). The SMILES string of the molecule is CCC(C)CN(CC)C(=O)CC1(N)CCCCC1. The van der Waals surface area contributed by atoms with Crippen molar-refractivity contribution in [1.29, 1.82) is 0 Å². The molecular weight excluding hydrogens is 224 g/mol. The largest absolute Gasteiger partial charge is 0.343 e. The summed E-state index contributed by atoms with van der Waals surface area (Å²) in [5.74, 6) is 0.830. The summed E-state index contributed by atoms with van der Waals surface area (Å²) in [4.78, 5) is 14.3. The van der Waals surface area contributed by atoms with Crippen molar-refractivity contribution in [2.75, 3.05) is 13.1 Å². The molecule has 1 amide bonds. The number of hydrogen-bond donors (Lipinski definition) is 1. The lowest BCUT2D eigenvalue weighted by Crippen LogP contribution is -2.47. The van der Waals surface area contributed by atoms with E-state index in [1.54, 1.807) is 0 Å². The zero-order valence-corrected chi connectivity index (χ0v) is 12.4. The van der Waals surface area contributed by atoms with E-state index >= 15 is 0 Å². The molecule has 0 aliphatic heterocycles. The van der Waals surface area contributed by atoms with E-state index in [-0.39, 0.29) is 11.4 Å². The average molecular weight is 254 g/mol. The van der Waals surface area contributed by atoms with Gasteiger partial charge >= 0.3 is 0 Å². The molecule has 2 N–H and O–H groups in total. The fraction of sp³-hybridized carbons (Fsp3) is 0.933. The fourth-order valence-electron chi connectivity index (χ4n) is 2.76. The third-order valence-corrected chi connectivity index (χ3v) is 4.32. The van der Waals surface area contributed by atoms with Crippen molar-refractivity contribution < 1.29 is 4.79 Å². The van der Waals surface area contributed by atoms with Gasteiger partial charge in [-0.1, -0.05) is 39.5 Å². The van der Waals surface area contributed by atoms with E-state index in [0.29, 0.717) is 12.3 Å². The second-order valence-corrected chi connectivity index (χ2v) is 6.05. The monoisotopic (exact) mass is 254 g/mol. The lowest BCUT2D eigenvalue weighted by molar-refractivity contribution is -0.133. The Hall–Kier alpha value is -0.570. The number of carbonyl (C=O) groups is 1. The maximum atomic E-state index is 12.3. The van der Waals surface area contributed by atoms with Gasteiger partial charge < -0.3 is 10.6 Å². The highest BCUT2D eigenvalue weighted by Gasteiger charge is 2.31. The van der Waals surface area contributed by atoms with Gasteiger partial charge in [-0.25, -0.2) is 0 Å². The first-order chi connectivity index (χ1) is 8.50. The third kappa shape index (κ3) is 4.60. The van der Waals surface area contributed by atoms with Crippen molar-refractivity contribution in [3.8, 4) is 0 Å². The van der Waals surface area contributed by atoms with Crippen LogP contribution in [0.2, 0.25) is 0 Å². The molecule has 0 aromatic rings. The average Bonchev–Trinajstić information content (AvgIpc) is 2.35. The molecule has 0 radical (unpaired) electrons. The second kappa shape index (κ2) is 7.13. The molecule has 1 fully saturated rings. The molecule has 106 valence electrons. The molecule has 0 bridgehead atoms. The Morgan fingerprint density at radius 2 is 1.89 bits per heavy atom. The van der Waals surface area contributed by atoms with Gasteiger partial charge in [0.05, 0.1) is 0 Å². The summed E-state index contributed by atoms with van der Waals surface area (Å²) >= 11 is 0. The Labute approximate surface area is 112 Å². The van der Waals surface area contributed by atoms with E-state index < -0.39 is 0 Å². The van der Waals surface area contributed by atoms with Crippen LogP contribution in [0.15, 0.2) is 0 Å². The van der Waals surface area contributed by atoms with Crippen LogP contribution in [-0.4, -0.2) is 29.4 Å². The summed E-state index contributed by atoms with van der Waals surface area (Å²) in [6.45, 7) is 8.12. The molecule has 0 heterocycles. The summed E-state index contributed by atoms with van der Waals surface area (Å²) in [7, 11) is 0. The first-order valence-corrected chi connectivity index (χ1v) is 7.57. The summed E-state index contributed by atoms with van der Waals surface area (Å²) < 4.78 is 0. The Kier molecular flexibility index (Phi) is 6.13. The molecule has 3 heteroatoms. The van der Waals surface area contributed by atoms with Gasteiger partial charge in [-0.05, 0) is 25.7 Å². The number of rotatable bonds is 6. The fourth-order valence-corrected chi connectivity index (χ4v) is 2.76. The predicted molar refractivity (Wildman–Crippen MR) is 76.3 cm³/mol. The highest BCUT2D eigenvalue weighted by Crippen LogP contribution is 2.29. The molecule has 18 heavy (non-hydrogen) atoms. The van der Waals surface area contributed by atoms with Crippen molar-refractivity contribution in [1.82, 2.24) is 4.90 Å². The number of hydrogen-bond acceptors (Lipinski definition) is 2. The Balaban J connectivity index is 2.50. The molecule has 1 unspecified atom stereocenters. The first-order valence-electron chi connectivity index (χ1n) is 7.57. The molecule has 0 aromatic heterocycles. The van der Waals surface area contributed by atoms with Crippen molar-refractivity contribution in [3.63, 3.8) is 0 Å². The van der Waals surface area contributed by atoms with Crippen LogP contribution in [0.3, 0.4) is 0 Å². The third-order valence-electron chi connectivity index (χ3n) is 4.32. The summed E-state index contributed by atoms with van der Waals surface area (Å²) in [5.41, 5.74) is 6.14. The smallest absolute Gasteiger partial charge is 0.224 e.